The third-order valence-electron chi connectivity index (χ3n) is 3.11. The van der Waals surface area contributed by atoms with E-state index >= 15 is 0 Å². The van der Waals surface area contributed by atoms with Gasteiger partial charge in [0.05, 0.1) is 6.07 Å². The number of carbonyl (C=O) groups is 2. The molecule has 0 aliphatic carbocycles. The van der Waals surface area contributed by atoms with E-state index in [2.05, 4.69) is 5.32 Å². The molecule has 0 heterocycles. The predicted molar refractivity (Wildman–Crippen MR) is 88.2 cm³/mol. The van der Waals surface area contributed by atoms with Gasteiger partial charge in [0.2, 0.25) is 5.91 Å². The van der Waals surface area contributed by atoms with E-state index in [-0.39, 0.29) is 22.2 Å². The largest absolute Gasteiger partial charge is 0.350 e. The number of amides is 1. The van der Waals surface area contributed by atoms with Gasteiger partial charge in [-0.1, -0.05) is 53.5 Å². The molecule has 1 N–H and O–H groups in total. The van der Waals surface area contributed by atoms with E-state index in [9.17, 15) is 9.59 Å². The van der Waals surface area contributed by atoms with E-state index in [0.29, 0.717) is 0 Å². The minimum absolute atomic E-state index is 0.129. The van der Waals surface area contributed by atoms with Crippen LogP contribution >= 0.6 is 23.2 Å². The number of Topliss-reactive ketones (excluding diaryl/α,β-unsaturated/α-hetero) is 1. The van der Waals surface area contributed by atoms with Crippen molar-refractivity contribution >= 4 is 34.9 Å². The summed E-state index contributed by atoms with van der Waals surface area (Å²) < 4.78 is 0. The van der Waals surface area contributed by atoms with Gasteiger partial charge >= 0.3 is 0 Å². The van der Waals surface area contributed by atoms with Crippen molar-refractivity contribution in [1.29, 1.82) is 5.26 Å². The van der Waals surface area contributed by atoms with Gasteiger partial charge in [-0.15, -0.1) is 0 Å². The van der Waals surface area contributed by atoms with E-state index in [1.165, 1.54) is 18.2 Å². The number of nitrogens with one attached hydrogen (secondary N) is 1. The molecular formula is C17H12Cl2N2O2. The smallest absolute Gasteiger partial charge is 0.245 e. The fourth-order valence-corrected chi connectivity index (χ4v) is 2.51. The van der Waals surface area contributed by atoms with Crippen molar-refractivity contribution in [3.8, 4) is 6.07 Å². The highest BCUT2D eigenvalue weighted by molar-refractivity contribution is 6.35. The van der Waals surface area contributed by atoms with Gasteiger partial charge in [0.15, 0.2) is 11.7 Å². The summed E-state index contributed by atoms with van der Waals surface area (Å²) in [6.45, 7) is 0.238. The number of ketones is 1. The van der Waals surface area contributed by atoms with Crippen molar-refractivity contribution in [2.24, 2.45) is 5.92 Å². The van der Waals surface area contributed by atoms with Crippen LogP contribution in [0.1, 0.15) is 15.9 Å². The number of rotatable bonds is 5. The number of nitriles is 1. The maximum atomic E-state index is 12.3. The molecule has 0 spiro atoms. The standard InChI is InChI=1S/C17H12Cl2N2O2/c18-13-6-12(7-14(19)8-13)16(22)15(9-20)17(23)21-10-11-4-2-1-3-5-11/h1-8,15H,10H2,(H,21,23)/t15-/m1/s1. The van der Waals surface area contributed by atoms with Crippen LogP contribution in [0.5, 0.6) is 0 Å². The Kier molecular flexibility index (Phi) is 5.75. The van der Waals surface area contributed by atoms with Crippen molar-refractivity contribution in [3.05, 3.63) is 69.7 Å². The molecule has 0 saturated heterocycles. The molecule has 6 heteroatoms. The van der Waals surface area contributed by atoms with E-state index < -0.39 is 17.6 Å². The zero-order valence-electron chi connectivity index (χ0n) is 11.9. The Morgan fingerprint density at radius 2 is 1.70 bits per heavy atom. The second-order valence-electron chi connectivity index (χ2n) is 4.79. The summed E-state index contributed by atoms with van der Waals surface area (Å²) in [5, 5.41) is 12.3. The molecule has 0 aromatic heterocycles. The minimum atomic E-state index is -1.45. The quantitative estimate of drug-likeness (QED) is 0.663. The molecule has 0 fully saturated rings. The summed E-state index contributed by atoms with van der Waals surface area (Å²) in [5.41, 5.74) is 1.000. The molecule has 1 amide bonds. The monoisotopic (exact) mass is 346 g/mol. The molecule has 2 rings (SSSR count). The van der Waals surface area contributed by atoms with Crippen LogP contribution < -0.4 is 5.32 Å². The summed E-state index contributed by atoms with van der Waals surface area (Å²) >= 11 is 11.7. The lowest BCUT2D eigenvalue weighted by Crippen LogP contribution is -2.34. The van der Waals surface area contributed by atoms with Crippen LogP contribution in [0.3, 0.4) is 0 Å². The average Bonchev–Trinajstić information content (AvgIpc) is 2.53. The normalized spacial score (nSPS) is 11.3. The zero-order chi connectivity index (χ0) is 16.8. The lowest BCUT2D eigenvalue weighted by molar-refractivity contribution is -0.122. The summed E-state index contributed by atoms with van der Waals surface area (Å²) in [5.74, 6) is -2.74. The van der Waals surface area contributed by atoms with Crippen LogP contribution in [-0.2, 0) is 11.3 Å². The Hall–Kier alpha value is -2.35. The first-order valence-electron chi connectivity index (χ1n) is 6.73. The average molecular weight is 347 g/mol. The number of carbonyl (C=O) groups excluding carboxylic acids is 2. The molecule has 23 heavy (non-hydrogen) atoms. The second kappa shape index (κ2) is 7.77. The van der Waals surface area contributed by atoms with Gasteiger partial charge in [0.25, 0.3) is 0 Å². The van der Waals surface area contributed by atoms with Gasteiger partial charge in [-0.2, -0.15) is 5.26 Å². The first-order valence-corrected chi connectivity index (χ1v) is 7.48. The lowest BCUT2D eigenvalue weighted by Gasteiger charge is -2.10. The highest BCUT2D eigenvalue weighted by atomic mass is 35.5. The SMILES string of the molecule is N#C[C@@H](C(=O)NCc1ccccc1)C(=O)c1cc(Cl)cc(Cl)c1. The van der Waals surface area contributed by atoms with Crippen LogP contribution in [0.4, 0.5) is 0 Å². The summed E-state index contributed by atoms with van der Waals surface area (Å²) in [6.07, 6.45) is 0. The Labute approximate surface area is 143 Å². The summed E-state index contributed by atoms with van der Waals surface area (Å²) in [7, 11) is 0. The molecule has 0 bridgehead atoms. The third-order valence-corrected chi connectivity index (χ3v) is 3.55. The van der Waals surface area contributed by atoms with Crippen LogP contribution in [0.15, 0.2) is 48.5 Å². The van der Waals surface area contributed by atoms with Gasteiger partial charge in [-0.3, -0.25) is 9.59 Å². The predicted octanol–water partition coefficient (Wildman–Crippen LogP) is 3.63. The maximum Gasteiger partial charge on any atom is 0.245 e. The number of benzene rings is 2. The van der Waals surface area contributed by atoms with Gasteiger partial charge in [0, 0.05) is 22.2 Å². The fraction of sp³-hybridized carbons (Fsp3) is 0.118. The van der Waals surface area contributed by atoms with Crippen molar-refractivity contribution in [2.45, 2.75) is 6.54 Å². The molecule has 2 aromatic carbocycles. The zero-order valence-corrected chi connectivity index (χ0v) is 13.4. The Morgan fingerprint density at radius 3 is 2.26 bits per heavy atom. The van der Waals surface area contributed by atoms with Crippen molar-refractivity contribution in [1.82, 2.24) is 5.32 Å². The first kappa shape index (κ1) is 17.0. The molecule has 2 aromatic rings. The molecule has 0 aliphatic rings. The van der Waals surface area contributed by atoms with Gasteiger partial charge in [-0.25, -0.2) is 0 Å². The number of hydrogen-bond acceptors (Lipinski definition) is 3. The second-order valence-corrected chi connectivity index (χ2v) is 5.66. The molecule has 0 saturated carbocycles. The lowest BCUT2D eigenvalue weighted by atomic mass is 9.98. The van der Waals surface area contributed by atoms with Crippen LogP contribution in [0.2, 0.25) is 10.0 Å². The molecule has 116 valence electrons. The van der Waals surface area contributed by atoms with Crippen LogP contribution in [-0.4, -0.2) is 11.7 Å². The van der Waals surface area contributed by atoms with Crippen molar-refractivity contribution < 1.29 is 9.59 Å². The molecule has 0 radical (unpaired) electrons. The molecule has 4 nitrogen and oxygen atoms in total. The Balaban J connectivity index is 2.10. The van der Waals surface area contributed by atoms with E-state index in [0.717, 1.165) is 5.56 Å². The van der Waals surface area contributed by atoms with Crippen LogP contribution in [0.25, 0.3) is 0 Å². The summed E-state index contributed by atoms with van der Waals surface area (Å²) in [6, 6.07) is 15.2. The molecule has 0 aliphatic heterocycles. The highest BCUT2D eigenvalue weighted by Crippen LogP contribution is 2.21. The number of halogens is 2. The topological polar surface area (TPSA) is 70.0 Å². The third kappa shape index (κ3) is 4.56. The van der Waals surface area contributed by atoms with Crippen LogP contribution in [0, 0.1) is 17.2 Å². The maximum absolute atomic E-state index is 12.3. The molecular weight excluding hydrogens is 335 g/mol. The first-order chi connectivity index (χ1) is 11.0. The van der Waals surface area contributed by atoms with Crippen molar-refractivity contribution in [3.63, 3.8) is 0 Å². The Bertz CT molecular complexity index is 750. The van der Waals surface area contributed by atoms with Crippen molar-refractivity contribution in [2.75, 3.05) is 0 Å². The molecule has 0 unspecified atom stereocenters. The van der Waals surface area contributed by atoms with Gasteiger partial charge in [-0.05, 0) is 23.8 Å². The Morgan fingerprint density at radius 1 is 1.09 bits per heavy atom. The molecule has 1 atom stereocenters. The van der Waals surface area contributed by atoms with E-state index in [4.69, 9.17) is 28.5 Å². The minimum Gasteiger partial charge on any atom is -0.350 e. The fourth-order valence-electron chi connectivity index (χ4n) is 1.99. The number of nitrogens with zero attached hydrogens (tertiary/aromatic N) is 1. The highest BCUT2D eigenvalue weighted by Gasteiger charge is 2.27. The van der Waals surface area contributed by atoms with Gasteiger partial charge in [0.1, 0.15) is 0 Å². The van der Waals surface area contributed by atoms with Gasteiger partial charge < -0.3 is 5.32 Å². The number of hydrogen-bond donors (Lipinski definition) is 1. The summed E-state index contributed by atoms with van der Waals surface area (Å²) in [4.78, 5) is 24.4. The van der Waals surface area contributed by atoms with E-state index in [1.54, 1.807) is 6.07 Å². The van der Waals surface area contributed by atoms with E-state index in [1.807, 2.05) is 30.3 Å².